The van der Waals surface area contributed by atoms with Gasteiger partial charge in [-0.1, -0.05) is 24.3 Å². The Morgan fingerprint density at radius 2 is 1.90 bits per heavy atom. The van der Waals surface area contributed by atoms with Gasteiger partial charge in [-0.2, -0.15) is 0 Å². The van der Waals surface area contributed by atoms with Crippen molar-refractivity contribution in [1.82, 2.24) is 10.6 Å². The molecule has 168 valence electrons. The van der Waals surface area contributed by atoms with Crippen molar-refractivity contribution in [3.05, 3.63) is 64.2 Å². The highest BCUT2D eigenvalue weighted by Gasteiger charge is 2.15. The van der Waals surface area contributed by atoms with Gasteiger partial charge in [0.05, 0.1) is 11.0 Å². The van der Waals surface area contributed by atoms with E-state index in [1.165, 1.54) is 30.2 Å². The van der Waals surface area contributed by atoms with E-state index in [4.69, 9.17) is 0 Å². The van der Waals surface area contributed by atoms with Gasteiger partial charge in [0.25, 0.3) is 5.69 Å². The van der Waals surface area contributed by atoms with Crippen LogP contribution in [0, 0.1) is 10.1 Å². The van der Waals surface area contributed by atoms with Crippen molar-refractivity contribution in [2.75, 3.05) is 43.4 Å². The number of hydrogen-bond donors (Lipinski definition) is 3. The zero-order valence-electron chi connectivity index (χ0n) is 18.0. The Labute approximate surface area is 200 Å². The lowest BCUT2D eigenvalue weighted by molar-refractivity contribution is -0.384. The fourth-order valence-electron chi connectivity index (χ4n) is 3.61. The molecule has 1 heterocycles. The van der Waals surface area contributed by atoms with Crippen LogP contribution in [0.15, 0.2) is 53.5 Å². The highest BCUT2D eigenvalue weighted by atomic mass is 127. The van der Waals surface area contributed by atoms with Gasteiger partial charge < -0.3 is 20.9 Å². The van der Waals surface area contributed by atoms with Gasteiger partial charge in [-0.25, -0.2) is 0 Å². The monoisotopic (exact) mass is 538 g/mol. The molecular weight excluding hydrogens is 507 g/mol. The topological polar surface area (TPSA) is 94.8 Å². The van der Waals surface area contributed by atoms with Crippen LogP contribution in [0.1, 0.15) is 31.4 Å². The summed E-state index contributed by atoms with van der Waals surface area (Å²) in [7, 11) is 1.73. The Bertz CT molecular complexity index is 886. The van der Waals surface area contributed by atoms with Crippen LogP contribution in [0.3, 0.4) is 0 Å². The Morgan fingerprint density at radius 3 is 2.61 bits per heavy atom. The lowest BCUT2D eigenvalue weighted by Gasteiger charge is -2.22. The Balaban J connectivity index is 0.00000341. The third-order valence-electron chi connectivity index (χ3n) is 5.25. The zero-order valence-corrected chi connectivity index (χ0v) is 20.3. The predicted octanol–water partition coefficient (Wildman–Crippen LogP) is 4.15. The SMILES string of the molecule is CN=C(NCCNc1ccccc1[N+](=O)[O-])NC(C)c1cccc(N2CCCC2)c1.I. The van der Waals surface area contributed by atoms with Gasteiger partial charge in [-0.05, 0) is 43.5 Å². The van der Waals surface area contributed by atoms with Gasteiger partial charge in [0.15, 0.2) is 5.96 Å². The van der Waals surface area contributed by atoms with Crippen LogP contribution < -0.4 is 20.9 Å². The summed E-state index contributed by atoms with van der Waals surface area (Å²) < 4.78 is 0. The number of nitrogens with one attached hydrogen (secondary N) is 3. The normalized spacial score (nSPS) is 14.5. The maximum absolute atomic E-state index is 11.1. The zero-order chi connectivity index (χ0) is 21.3. The first-order chi connectivity index (χ1) is 14.6. The van der Waals surface area contributed by atoms with E-state index in [2.05, 4.69) is 57.0 Å². The molecule has 0 amide bonds. The summed E-state index contributed by atoms with van der Waals surface area (Å²) in [4.78, 5) is 17.4. The number of nitro groups is 1. The fourth-order valence-corrected chi connectivity index (χ4v) is 3.61. The van der Waals surface area contributed by atoms with Gasteiger partial charge in [0, 0.05) is 45.0 Å². The molecule has 1 atom stereocenters. The molecule has 1 unspecified atom stereocenters. The van der Waals surface area contributed by atoms with Crippen molar-refractivity contribution in [2.45, 2.75) is 25.8 Å². The lowest BCUT2D eigenvalue weighted by Crippen LogP contribution is -2.40. The molecule has 0 bridgehead atoms. The van der Waals surface area contributed by atoms with E-state index in [0.717, 1.165) is 13.1 Å². The van der Waals surface area contributed by atoms with E-state index in [9.17, 15) is 10.1 Å². The summed E-state index contributed by atoms with van der Waals surface area (Å²) in [6.07, 6.45) is 2.52. The van der Waals surface area contributed by atoms with Gasteiger partial charge >= 0.3 is 0 Å². The van der Waals surface area contributed by atoms with Gasteiger partial charge in [-0.15, -0.1) is 24.0 Å². The van der Waals surface area contributed by atoms with E-state index in [1.54, 1.807) is 25.2 Å². The smallest absolute Gasteiger partial charge is 0.292 e. The second kappa shape index (κ2) is 12.3. The van der Waals surface area contributed by atoms with Crippen molar-refractivity contribution >= 4 is 47.0 Å². The Kier molecular flexibility index (Phi) is 9.83. The van der Waals surface area contributed by atoms with Crippen LogP contribution in [0.2, 0.25) is 0 Å². The first-order valence-electron chi connectivity index (χ1n) is 10.4. The number of guanidine groups is 1. The van der Waals surface area contributed by atoms with Crippen LogP contribution >= 0.6 is 24.0 Å². The first-order valence-corrected chi connectivity index (χ1v) is 10.4. The average Bonchev–Trinajstić information content (AvgIpc) is 3.31. The minimum absolute atomic E-state index is 0. The van der Waals surface area contributed by atoms with Crippen molar-refractivity contribution in [2.24, 2.45) is 4.99 Å². The van der Waals surface area contributed by atoms with E-state index >= 15 is 0 Å². The summed E-state index contributed by atoms with van der Waals surface area (Å²) in [5.74, 6) is 0.693. The number of nitro benzene ring substituents is 1. The van der Waals surface area contributed by atoms with Crippen LogP contribution in [0.25, 0.3) is 0 Å². The lowest BCUT2D eigenvalue weighted by atomic mass is 10.1. The minimum Gasteiger partial charge on any atom is -0.378 e. The van der Waals surface area contributed by atoms with Crippen molar-refractivity contribution in [3.63, 3.8) is 0 Å². The molecule has 1 aliphatic rings. The number of nitrogens with zero attached hydrogens (tertiary/aromatic N) is 3. The van der Waals surface area contributed by atoms with Crippen LogP contribution in [-0.2, 0) is 0 Å². The summed E-state index contributed by atoms with van der Waals surface area (Å²) in [6.45, 7) is 5.47. The second-order valence-electron chi connectivity index (χ2n) is 7.36. The Morgan fingerprint density at radius 1 is 1.16 bits per heavy atom. The Hall–Kier alpha value is -2.56. The molecule has 1 saturated heterocycles. The number of anilines is 2. The summed E-state index contributed by atoms with van der Waals surface area (Å²) in [6, 6.07) is 15.4. The summed E-state index contributed by atoms with van der Waals surface area (Å²) >= 11 is 0. The number of rotatable bonds is 8. The number of hydrogen-bond acceptors (Lipinski definition) is 5. The quantitative estimate of drug-likeness (QED) is 0.117. The molecular formula is C22H31IN6O2. The standard InChI is InChI=1S/C22H30N6O2.HI/c1-17(18-8-7-9-19(16-18)27-14-5-6-15-27)26-22(23-2)25-13-12-24-20-10-3-4-11-21(20)28(29)30;/h3-4,7-11,16-17,24H,5-6,12-15H2,1-2H3,(H2,23,25,26);1H. The summed E-state index contributed by atoms with van der Waals surface area (Å²) in [5, 5.41) is 20.9. The molecule has 3 rings (SSSR count). The number of para-hydroxylation sites is 2. The van der Waals surface area contributed by atoms with Crippen molar-refractivity contribution in [3.8, 4) is 0 Å². The van der Waals surface area contributed by atoms with Crippen LogP contribution in [0.5, 0.6) is 0 Å². The second-order valence-corrected chi connectivity index (χ2v) is 7.36. The number of halogens is 1. The molecule has 0 aromatic heterocycles. The van der Waals surface area contributed by atoms with Gasteiger partial charge in [0.1, 0.15) is 5.69 Å². The van der Waals surface area contributed by atoms with E-state index in [-0.39, 0.29) is 40.6 Å². The maximum Gasteiger partial charge on any atom is 0.292 e. The molecule has 2 aromatic carbocycles. The van der Waals surface area contributed by atoms with Gasteiger partial charge in [0.2, 0.25) is 0 Å². The molecule has 3 N–H and O–H groups in total. The molecule has 8 nitrogen and oxygen atoms in total. The fraction of sp³-hybridized carbons (Fsp3) is 0.409. The number of aliphatic imine (C=N–C) groups is 1. The number of benzene rings is 2. The summed E-state index contributed by atoms with van der Waals surface area (Å²) in [5.41, 5.74) is 3.07. The molecule has 0 saturated carbocycles. The molecule has 0 aliphatic carbocycles. The first kappa shape index (κ1) is 24.7. The maximum atomic E-state index is 11.1. The molecule has 9 heteroatoms. The van der Waals surface area contributed by atoms with Crippen molar-refractivity contribution < 1.29 is 4.92 Å². The third-order valence-corrected chi connectivity index (χ3v) is 5.25. The molecule has 2 aromatic rings. The van der Waals surface area contributed by atoms with Crippen LogP contribution in [-0.4, -0.2) is 44.1 Å². The largest absolute Gasteiger partial charge is 0.378 e. The molecule has 1 aliphatic heterocycles. The third kappa shape index (κ3) is 6.98. The van der Waals surface area contributed by atoms with E-state index in [0.29, 0.717) is 24.7 Å². The van der Waals surface area contributed by atoms with Gasteiger partial charge in [-0.3, -0.25) is 15.1 Å². The highest BCUT2D eigenvalue weighted by molar-refractivity contribution is 14.0. The van der Waals surface area contributed by atoms with E-state index in [1.807, 2.05) is 0 Å². The molecule has 1 fully saturated rings. The average molecular weight is 538 g/mol. The van der Waals surface area contributed by atoms with Crippen LogP contribution in [0.4, 0.5) is 17.1 Å². The van der Waals surface area contributed by atoms with Crippen molar-refractivity contribution in [1.29, 1.82) is 0 Å². The minimum atomic E-state index is -0.381. The molecule has 31 heavy (non-hydrogen) atoms. The predicted molar refractivity (Wildman–Crippen MR) is 138 cm³/mol. The molecule has 0 radical (unpaired) electrons. The molecule has 0 spiro atoms. The van der Waals surface area contributed by atoms with E-state index < -0.39 is 0 Å². The highest BCUT2D eigenvalue weighted by Crippen LogP contribution is 2.24.